The molecule has 0 heterocycles. The average molecular weight is 283 g/mol. The minimum atomic E-state index is -3.13. The highest BCUT2D eigenvalue weighted by molar-refractivity contribution is 7.89. The monoisotopic (exact) mass is 283 g/mol. The number of rotatable bonds is 6. The van der Waals surface area contributed by atoms with Crippen LogP contribution in [-0.4, -0.2) is 20.7 Å². The van der Waals surface area contributed by atoms with E-state index < -0.39 is 10.0 Å². The van der Waals surface area contributed by atoms with Crippen LogP contribution in [0.25, 0.3) is 0 Å². The minimum Gasteiger partial charge on any atom is -0.215 e. The number of hydrogen-bond acceptors (Lipinski definition) is 2. The van der Waals surface area contributed by atoms with Crippen LogP contribution < -0.4 is 4.72 Å². The zero-order valence-corrected chi connectivity index (χ0v) is 13.2. The molecule has 0 saturated heterocycles. The van der Waals surface area contributed by atoms with Crippen molar-refractivity contribution in [2.24, 2.45) is 0 Å². The summed E-state index contributed by atoms with van der Waals surface area (Å²) in [5, 5.41) is 0. The van der Waals surface area contributed by atoms with Crippen LogP contribution >= 0.6 is 0 Å². The van der Waals surface area contributed by atoms with Crippen molar-refractivity contribution >= 4 is 10.0 Å². The number of nitrogens with one attached hydrogen (secondary N) is 1. The van der Waals surface area contributed by atoms with Gasteiger partial charge in [-0.25, -0.2) is 13.1 Å². The van der Waals surface area contributed by atoms with Gasteiger partial charge in [-0.1, -0.05) is 52.0 Å². The van der Waals surface area contributed by atoms with Crippen molar-refractivity contribution in [3.63, 3.8) is 0 Å². The fourth-order valence-corrected chi connectivity index (χ4v) is 2.92. The molecule has 0 saturated carbocycles. The summed E-state index contributed by atoms with van der Waals surface area (Å²) in [7, 11) is -3.13. The molecule has 0 aromatic heterocycles. The molecule has 1 rings (SSSR count). The van der Waals surface area contributed by atoms with Gasteiger partial charge < -0.3 is 0 Å². The Morgan fingerprint density at radius 1 is 1.11 bits per heavy atom. The molecule has 3 nitrogen and oxygen atoms in total. The van der Waals surface area contributed by atoms with E-state index in [1.165, 1.54) is 5.56 Å². The molecule has 0 fully saturated rings. The Balaban J connectivity index is 2.60. The maximum Gasteiger partial charge on any atom is 0.211 e. The summed E-state index contributed by atoms with van der Waals surface area (Å²) in [4.78, 5) is 0. The summed E-state index contributed by atoms with van der Waals surface area (Å²) >= 11 is 0. The van der Waals surface area contributed by atoms with Crippen LogP contribution in [0.1, 0.15) is 45.2 Å². The number of sulfonamides is 1. The molecule has 0 amide bonds. The first-order chi connectivity index (χ1) is 8.74. The van der Waals surface area contributed by atoms with Crippen LogP contribution in [0.4, 0.5) is 0 Å². The minimum absolute atomic E-state index is 0.132. The summed E-state index contributed by atoms with van der Waals surface area (Å²) in [5.41, 5.74) is 2.46. The van der Waals surface area contributed by atoms with E-state index in [-0.39, 0.29) is 11.2 Å². The molecule has 0 aliphatic rings. The molecule has 0 bridgehead atoms. The van der Waals surface area contributed by atoms with Gasteiger partial charge in [0.05, 0.1) is 5.75 Å². The molecule has 0 atom stereocenters. The van der Waals surface area contributed by atoms with Gasteiger partial charge in [0.25, 0.3) is 0 Å². The van der Waals surface area contributed by atoms with Gasteiger partial charge in [0.15, 0.2) is 0 Å². The molecule has 0 unspecified atom stereocenters. The second-order valence-corrected chi connectivity index (χ2v) is 7.84. The van der Waals surface area contributed by atoms with E-state index in [2.05, 4.69) is 37.6 Å². The van der Waals surface area contributed by atoms with E-state index in [4.69, 9.17) is 0 Å². The number of hydrogen-bond donors (Lipinski definition) is 1. The van der Waals surface area contributed by atoms with Gasteiger partial charge in [-0.3, -0.25) is 0 Å². The zero-order valence-electron chi connectivity index (χ0n) is 12.4. The van der Waals surface area contributed by atoms with E-state index in [9.17, 15) is 8.42 Å². The SMILES string of the molecule is CCCNS(=O)(=O)CCc1ccc(C(C)(C)C)cc1. The van der Waals surface area contributed by atoms with E-state index in [1.54, 1.807) is 0 Å². The highest BCUT2D eigenvalue weighted by atomic mass is 32.2. The van der Waals surface area contributed by atoms with Crippen molar-refractivity contribution in [3.05, 3.63) is 35.4 Å². The van der Waals surface area contributed by atoms with Crippen LogP contribution in [0.2, 0.25) is 0 Å². The lowest BCUT2D eigenvalue weighted by atomic mass is 9.86. The van der Waals surface area contributed by atoms with Gasteiger partial charge in [0.1, 0.15) is 0 Å². The Morgan fingerprint density at radius 2 is 1.68 bits per heavy atom. The lowest BCUT2D eigenvalue weighted by Crippen LogP contribution is -2.27. The molecule has 0 radical (unpaired) electrons. The van der Waals surface area contributed by atoms with E-state index in [0.717, 1.165) is 12.0 Å². The lowest BCUT2D eigenvalue weighted by molar-refractivity contribution is 0.579. The molecule has 1 N–H and O–H groups in total. The Hall–Kier alpha value is -0.870. The summed E-state index contributed by atoms with van der Waals surface area (Å²) < 4.78 is 25.9. The van der Waals surface area contributed by atoms with Crippen molar-refractivity contribution in [3.8, 4) is 0 Å². The molecule has 4 heteroatoms. The molecule has 0 aliphatic heterocycles. The largest absolute Gasteiger partial charge is 0.215 e. The predicted octanol–water partition coefficient (Wildman–Crippen LogP) is 2.86. The Labute approximate surface area is 117 Å². The van der Waals surface area contributed by atoms with Crippen molar-refractivity contribution < 1.29 is 8.42 Å². The first-order valence-corrected chi connectivity index (χ1v) is 8.46. The Kier molecular flexibility index (Phi) is 5.56. The molecule has 0 spiro atoms. The molecule has 1 aromatic rings. The van der Waals surface area contributed by atoms with Gasteiger partial charge >= 0.3 is 0 Å². The normalized spacial score (nSPS) is 12.6. The molecule has 19 heavy (non-hydrogen) atoms. The van der Waals surface area contributed by atoms with E-state index in [0.29, 0.717) is 13.0 Å². The zero-order chi connectivity index (χ0) is 14.5. The third-order valence-corrected chi connectivity index (χ3v) is 4.44. The van der Waals surface area contributed by atoms with E-state index >= 15 is 0 Å². The second kappa shape index (κ2) is 6.53. The third kappa shape index (κ3) is 5.74. The van der Waals surface area contributed by atoms with Crippen LogP contribution in [0.15, 0.2) is 24.3 Å². The van der Waals surface area contributed by atoms with Gasteiger partial charge in [-0.2, -0.15) is 0 Å². The Morgan fingerprint density at radius 3 is 2.16 bits per heavy atom. The van der Waals surface area contributed by atoms with Gasteiger partial charge in [0, 0.05) is 6.54 Å². The second-order valence-electron chi connectivity index (χ2n) is 5.91. The van der Waals surface area contributed by atoms with Crippen LogP contribution in [-0.2, 0) is 21.9 Å². The smallest absolute Gasteiger partial charge is 0.211 e. The fraction of sp³-hybridized carbons (Fsp3) is 0.600. The summed E-state index contributed by atoms with van der Waals surface area (Å²) in [6.07, 6.45) is 1.38. The quantitative estimate of drug-likeness (QED) is 0.872. The average Bonchev–Trinajstić information content (AvgIpc) is 2.34. The molecular weight excluding hydrogens is 258 g/mol. The Bertz CT molecular complexity index is 484. The van der Waals surface area contributed by atoms with Crippen molar-refractivity contribution in [1.82, 2.24) is 4.72 Å². The first-order valence-electron chi connectivity index (χ1n) is 6.81. The van der Waals surface area contributed by atoms with Crippen LogP contribution in [0.3, 0.4) is 0 Å². The predicted molar refractivity (Wildman–Crippen MR) is 80.9 cm³/mol. The van der Waals surface area contributed by atoms with Crippen molar-refractivity contribution in [2.45, 2.75) is 46.0 Å². The van der Waals surface area contributed by atoms with Gasteiger partial charge in [0.2, 0.25) is 10.0 Å². The van der Waals surface area contributed by atoms with Crippen molar-refractivity contribution in [2.75, 3.05) is 12.3 Å². The topological polar surface area (TPSA) is 46.2 Å². The lowest BCUT2D eigenvalue weighted by Gasteiger charge is -2.19. The van der Waals surface area contributed by atoms with Gasteiger partial charge in [-0.05, 0) is 29.4 Å². The maximum absolute atomic E-state index is 11.7. The summed E-state index contributed by atoms with van der Waals surface area (Å²) in [5.74, 6) is 0.155. The standard InChI is InChI=1S/C15H25NO2S/c1-5-11-16-19(17,18)12-10-13-6-8-14(9-7-13)15(2,3)4/h6-9,16H,5,10-12H2,1-4H3. The van der Waals surface area contributed by atoms with Crippen molar-refractivity contribution in [1.29, 1.82) is 0 Å². The van der Waals surface area contributed by atoms with E-state index in [1.807, 2.05) is 19.1 Å². The summed E-state index contributed by atoms with van der Waals surface area (Å²) in [6.45, 7) is 8.97. The van der Waals surface area contributed by atoms with Crippen LogP contribution in [0, 0.1) is 0 Å². The molecule has 0 aliphatic carbocycles. The highest BCUT2D eigenvalue weighted by Crippen LogP contribution is 2.22. The molecular formula is C15H25NO2S. The fourth-order valence-electron chi connectivity index (χ4n) is 1.75. The highest BCUT2D eigenvalue weighted by Gasteiger charge is 2.13. The van der Waals surface area contributed by atoms with Crippen LogP contribution in [0.5, 0.6) is 0 Å². The maximum atomic E-state index is 11.7. The third-order valence-electron chi connectivity index (χ3n) is 3.05. The summed E-state index contributed by atoms with van der Waals surface area (Å²) in [6, 6.07) is 8.22. The molecule has 108 valence electrons. The van der Waals surface area contributed by atoms with Gasteiger partial charge in [-0.15, -0.1) is 0 Å². The number of aryl methyl sites for hydroxylation is 1. The number of benzene rings is 1. The first kappa shape index (κ1) is 16.2. The molecule has 1 aromatic carbocycles.